The smallest absolute Gasteiger partial charge is 0.290 e. The molecule has 0 atom stereocenters. The lowest BCUT2D eigenvalue weighted by Gasteiger charge is -2.07. The van der Waals surface area contributed by atoms with E-state index in [0.717, 1.165) is 12.8 Å². The topological polar surface area (TPSA) is 65.3 Å². The highest BCUT2D eigenvalue weighted by molar-refractivity contribution is 5.36. The second-order valence-corrected chi connectivity index (χ2v) is 4.40. The molecule has 5 nitrogen and oxygen atoms in total. The van der Waals surface area contributed by atoms with Crippen LogP contribution in [0.1, 0.15) is 32.4 Å². The largest absolute Gasteiger partial charge is 0.478 e. The van der Waals surface area contributed by atoms with Crippen molar-refractivity contribution in [2.75, 3.05) is 6.61 Å². The number of pyridine rings is 1. The molecule has 1 aromatic heterocycles. The Hall–Kier alpha value is -1.65. The summed E-state index contributed by atoms with van der Waals surface area (Å²) in [5, 5.41) is 10.6. The molecule has 0 unspecified atom stereocenters. The number of ether oxygens (including phenoxy) is 1. The maximum atomic E-state index is 10.6. The highest BCUT2D eigenvalue weighted by Gasteiger charge is 2.12. The van der Waals surface area contributed by atoms with Gasteiger partial charge in [0.1, 0.15) is 5.69 Å². The van der Waals surface area contributed by atoms with Gasteiger partial charge in [0.05, 0.1) is 11.5 Å². The van der Waals surface area contributed by atoms with Crippen molar-refractivity contribution in [3.63, 3.8) is 0 Å². The van der Waals surface area contributed by atoms with E-state index in [0.29, 0.717) is 24.1 Å². The number of nitrogens with zero attached hydrogens (tertiary/aromatic N) is 2. The Morgan fingerprint density at radius 2 is 2.18 bits per heavy atom. The van der Waals surface area contributed by atoms with Gasteiger partial charge in [-0.3, -0.25) is 10.1 Å². The average molecular weight is 238 g/mol. The molecular formula is C12H18N2O3. The van der Waals surface area contributed by atoms with Crippen LogP contribution in [0, 0.1) is 23.0 Å². The first-order chi connectivity index (χ1) is 8.00. The summed E-state index contributed by atoms with van der Waals surface area (Å²) in [4.78, 5) is 14.2. The van der Waals surface area contributed by atoms with Gasteiger partial charge in [-0.15, -0.1) is 0 Å². The lowest BCUT2D eigenvalue weighted by Crippen LogP contribution is -2.02. The van der Waals surface area contributed by atoms with Crippen LogP contribution in [-0.4, -0.2) is 16.5 Å². The number of nitro groups is 1. The molecule has 0 bridgehead atoms. The number of aromatic nitrogens is 1. The SMILES string of the molecule is Cc1nc(OCCCC(C)C)ccc1[N+](=O)[O-]. The van der Waals surface area contributed by atoms with Crippen LogP contribution in [-0.2, 0) is 0 Å². The van der Waals surface area contributed by atoms with Crippen molar-refractivity contribution in [1.82, 2.24) is 4.98 Å². The zero-order valence-corrected chi connectivity index (χ0v) is 10.5. The summed E-state index contributed by atoms with van der Waals surface area (Å²) < 4.78 is 5.44. The number of hydrogen-bond acceptors (Lipinski definition) is 4. The minimum atomic E-state index is -0.440. The quantitative estimate of drug-likeness (QED) is 0.434. The van der Waals surface area contributed by atoms with Crippen molar-refractivity contribution in [3.8, 4) is 5.88 Å². The van der Waals surface area contributed by atoms with Gasteiger partial charge in [-0.25, -0.2) is 4.98 Å². The highest BCUT2D eigenvalue weighted by atomic mass is 16.6. The number of hydrogen-bond donors (Lipinski definition) is 0. The first-order valence-corrected chi connectivity index (χ1v) is 5.75. The summed E-state index contributed by atoms with van der Waals surface area (Å²) >= 11 is 0. The molecule has 0 N–H and O–H groups in total. The first-order valence-electron chi connectivity index (χ1n) is 5.75. The van der Waals surface area contributed by atoms with Crippen molar-refractivity contribution < 1.29 is 9.66 Å². The van der Waals surface area contributed by atoms with Gasteiger partial charge in [-0.1, -0.05) is 13.8 Å². The van der Waals surface area contributed by atoms with Crippen LogP contribution in [0.5, 0.6) is 5.88 Å². The normalized spacial score (nSPS) is 10.6. The fourth-order valence-corrected chi connectivity index (χ4v) is 1.47. The van der Waals surface area contributed by atoms with Crippen LogP contribution in [0.25, 0.3) is 0 Å². The maximum absolute atomic E-state index is 10.6. The molecule has 1 heterocycles. The maximum Gasteiger partial charge on any atom is 0.290 e. The molecular weight excluding hydrogens is 220 g/mol. The first kappa shape index (κ1) is 13.4. The summed E-state index contributed by atoms with van der Waals surface area (Å²) in [5.41, 5.74) is 0.413. The second kappa shape index (κ2) is 6.18. The summed E-state index contributed by atoms with van der Waals surface area (Å²) in [7, 11) is 0. The standard InChI is InChI=1S/C12H18N2O3/c1-9(2)5-4-8-17-12-7-6-11(14(15)16)10(3)13-12/h6-7,9H,4-5,8H2,1-3H3. The van der Waals surface area contributed by atoms with E-state index >= 15 is 0 Å². The molecule has 0 aliphatic heterocycles. The molecule has 5 heteroatoms. The Labute approximate surface area is 101 Å². The van der Waals surface area contributed by atoms with Crippen molar-refractivity contribution in [2.45, 2.75) is 33.6 Å². The van der Waals surface area contributed by atoms with E-state index in [1.807, 2.05) is 0 Å². The third kappa shape index (κ3) is 4.38. The summed E-state index contributed by atoms with van der Waals surface area (Å²) in [6.07, 6.45) is 2.07. The minimum Gasteiger partial charge on any atom is -0.478 e. The lowest BCUT2D eigenvalue weighted by molar-refractivity contribution is -0.385. The fourth-order valence-electron chi connectivity index (χ4n) is 1.47. The van der Waals surface area contributed by atoms with Gasteiger partial charge in [0, 0.05) is 12.1 Å². The molecule has 0 amide bonds. The Morgan fingerprint density at radius 1 is 1.47 bits per heavy atom. The lowest BCUT2D eigenvalue weighted by atomic mass is 10.1. The predicted molar refractivity (Wildman–Crippen MR) is 65.2 cm³/mol. The van der Waals surface area contributed by atoms with E-state index in [9.17, 15) is 10.1 Å². The second-order valence-electron chi connectivity index (χ2n) is 4.40. The van der Waals surface area contributed by atoms with E-state index in [1.165, 1.54) is 6.07 Å². The zero-order chi connectivity index (χ0) is 12.8. The Bertz CT molecular complexity index is 391. The van der Waals surface area contributed by atoms with E-state index in [-0.39, 0.29) is 5.69 Å². The molecule has 0 radical (unpaired) electrons. The zero-order valence-electron chi connectivity index (χ0n) is 10.5. The summed E-state index contributed by atoms with van der Waals surface area (Å²) in [6.45, 7) is 6.53. The van der Waals surface area contributed by atoms with Crippen LogP contribution in [0.2, 0.25) is 0 Å². The van der Waals surface area contributed by atoms with Gasteiger partial charge in [0.15, 0.2) is 0 Å². The molecule has 1 rings (SSSR count). The number of rotatable bonds is 6. The van der Waals surface area contributed by atoms with Gasteiger partial charge < -0.3 is 4.74 Å². The Morgan fingerprint density at radius 3 is 2.71 bits per heavy atom. The van der Waals surface area contributed by atoms with E-state index in [1.54, 1.807) is 13.0 Å². The van der Waals surface area contributed by atoms with Crippen molar-refractivity contribution >= 4 is 5.69 Å². The van der Waals surface area contributed by atoms with E-state index in [2.05, 4.69) is 18.8 Å². The molecule has 17 heavy (non-hydrogen) atoms. The van der Waals surface area contributed by atoms with Crippen LogP contribution in [0.3, 0.4) is 0 Å². The van der Waals surface area contributed by atoms with Gasteiger partial charge in [-0.2, -0.15) is 0 Å². The summed E-state index contributed by atoms with van der Waals surface area (Å²) in [6, 6.07) is 2.97. The molecule has 0 aliphatic rings. The van der Waals surface area contributed by atoms with E-state index in [4.69, 9.17) is 4.74 Å². The van der Waals surface area contributed by atoms with Gasteiger partial charge in [-0.05, 0) is 25.7 Å². The third-order valence-electron chi connectivity index (χ3n) is 2.40. The average Bonchev–Trinajstić information content (AvgIpc) is 2.23. The van der Waals surface area contributed by atoms with Gasteiger partial charge >= 0.3 is 0 Å². The van der Waals surface area contributed by atoms with Gasteiger partial charge in [0.2, 0.25) is 5.88 Å². The molecule has 0 saturated heterocycles. The predicted octanol–water partition coefficient (Wildman–Crippen LogP) is 3.11. The molecule has 1 aromatic rings. The van der Waals surface area contributed by atoms with Crippen LogP contribution >= 0.6 is 0 Å². The van der Waals surface area contributed by atoms with Crippen molar-refractivity contribution in [2.24, 2.45) is 5.92 Å². The Balaban J connectivity index is 2.50. The Kier molecular flexibility index (Phi) is 4.87. The molecule has 0 fully saturated rings. The minimum absolute atomic E-state index is 0.0273. The monoisotopic (exact) mass is 238 g/mol. The van der Waals surface area contributed by atoms with Crippen LogP contribution < -0.4 is 4.74 Å². The highest BCUT2D eigenvalue weighted by Crippen LogP contribution is 2.19. The van der Waals surface area contributed by atoms with Crippen molar-refractivity contribution in [3.05, 3.63) is 27.9 Å². The third-order valence-corrected chi connectivity index (χ3v) is 2.40. The molecule has 94 valence electrons. The number of aryl methyl sites for hydroxylation is 1. The molecule has 0 aromatic carbocycles. The fraction of sp³-hybridized carbons (Fsp3) is 0.583. The van der Waals surface area contributed by atoms with Gasteiger partial charge in [0.25, 0.3) is 5.69 Å². The molecule has 0 saturated carbocycles. The molecule has 0 spiro atoms. The van der Waals surface area contributed by atoms with Crippen LogP contribution in [0.15, 0.2) is 12.1 Å². The van der Waals surface area contributed by atoms with Crippen molar-refractivity contribution in [1.29, 1.82) is 0 Å². The van der Waals surface area contributed by atoms with Crippen LogP contribution in [0.4, 0.5) is 5.69 Å². The summed E-state index contributed by atoms with van der Waals surface area (Å²) in [5.74, 6) is 1.11. The van der Waals surface area contributed by atoms with E-state index < -0.39 is 4.92 Å². The molecule has 0 aliphatic carbocycles.